The maximum atomic E-state index is 11.3. The predicted molar refractivity (Wildman–Crippen MR) is 129 cm³/mol. The molecule has 3 aromatic rings. The van der Waals surface area contributed by atoms with Gasteiger partial charge in [0.2, 0.25) is 0 Å². The van der Waals surface area contributed by atoms with Gasteiger partial charge in [-0.2, -0.15) is 0 Å². The van der Waals surface area contributed by atoms with Crippen LogP contribution in [0.25, 0.3) is 11.1 Å². The molecule has 4 N–H and O–H groups in total. The number of carboxylic acid groups (broad SMARTS) is 1. The zero-order valence-corrected chi connectivity index (χ0v) is 19.2. The van der Waals surface area contributed by atoms with E-state index >= 15 is 0 Å². The number of nitrogens with one attached hydrogen (secondary N) is 1. The van der Waals surface area contributed by atoms with Crippen molar-refractivity contribution in [2.75, 3.05) is 13.2 Å². The predicted octanol–water partition coefficient (Wildman–Crippen LogP) is 4.72. The number of phenolic OH excluding ortho intramolecular Hbond substituents is 1. The Labute approximate surface area is 194 Å². The molecule has 0 aliphatic heterocycles. The Morgan fingerprint density at radius 2 is 1.79 bits per heavy atom. The van der Waals surface area contributed by atoms with Crippen molar-refractivity contribution in [3.05, 3.63) is 82.9 Å². The minimum absolute atomic E-state index is 0.171. The highest BCUT2D eigenvalue weighted by atomic mass is 16.5. The highest BCUT2D eigenvalue weighted by molar-refractivity contribution is 5.89. The summed E-state index contributed by atoms with van der Waals surface area (Å²) in [5, 5.41) is 32.3. The Hall–Kier alpha value is -3.35. The maximum absolute atomic E-state index is 11.3. The molecule has 0 saturated heterocycles. The molecule has 0 aromatic heterocycles. The quantitative estimate of drug-likeness (QED) is 0.334. The number of aryl methyl sites for hydroxylation is 2. The second-order valence-electron chi connectivity index (χ2n) is 8.14. The number of hydrogen-bond donors (Lipinski definition) is 4. The molecule has 0 heterocycles. The first kappa shape index (κ1) is 24.3. The molecule has 0 saturated carbocycles. The number of ether oxygens (including phenoxy) is 1. The molecule has 3 rings (SSSR count). The van der Waals surface area contributed by atoms with Crippen LogP contribution in [0.4, 0.5) is 0 Å². The van der Waals surface area contributed by atoms with Crippen molar-refractivity contribution in [3.8, 4) is 22.6 Å². The summed E-state index contributed by atoms with van der Waals surface area (Å²) in [5.74, 6) is 0.0340. The number of carbonyl (C=O) groups is 1. The van der Waals surface area contributed by atoms with Crippen LogP contribution in [0, 0.1) is 6.92 Å². The lowest BCUT2D eigenvalue weighted by atomic mass is 9.95. The lowest BCUT2D eigenvalue weighted by molar-refractivity contribution is 0.0696. The maximum Gasteiger partial charge on any atom is 0.335 e. The number of aliphatic hydroxyl groups is 1. The number of aliphatic hydroxyl groups excluding tert-OH is 1. The van der Waals surface area contributed by atoms with Crippen molar-refractivity contribution in [1.82, 2.24) is 5.32 Å². The lowest BCUT2D eigenvalue weighted by Crippen LogP contribution is -2.35. The van der Waals surface area contributed by atoms with Crippen LogP contribution < -0.4 is 10.1 Å². The van der Waals surface area contributed by atoms with E-state index in [2.05, 4.69) is 11.4 Å². The highest BCUT2D eigenvalue weighted by Crippen LogP contribution is 2.30. The van der Waals surface area contributed by atoms with E-state index in [1.54, 1.807) is 36.4 Å². The minimum Gasteiger partial charge on any atom is -0.508 e. The first-order valence-corrected chi connectivity index (χ1v) is 11.1. The van der Waals surface area contributed by atoms with Crippen molar-refractivity contribution in [2.45, 2.75) is 39.3 Å². The molecule has 0 amide bonds. The molecule has 174 valence electrons. The van der Waals surface area contributed by atoms with Crippen LogP contribution in [0.1, 0.15) is 47.0 Å². The van der Waals surface area contributed by atoms with Crippen molar-refractivity contribution >= 4 is 5.97 Å². The van der Waals surface area contributed by atoms with Gasteiger partial charge >= 0.3 is 5.97 Å². The fourth-order valence-electron chi connectivity index (χ4n) is 3.80. The van der Waals surface area contributed by atoms with Crippen molar-refractivity contribution in [1.29, 1.82) is 0 Å². The minimum atomic E-state index is -0.922. The number of rotatable bonds is 10. The number of carboxylic acids is 1. The molecule has 0 unspecified atom stereocenters. The Balaban J connectivity index is 1.58. The largest absolute Gasteiger partial charge is 0.508 e. The highest BCUT2D eigenvalue weighted by Gasteiger charge is 2.16. The molecule has 0 bridgehead atoms. The summed E-state index contributed by atoms with van der Waals surface area (Å²) in [4.78, 5) is 11.3. The molecule has 3 aromatic carbocycles. The molecular formula is C27H31NO5. The summed E-state index contributed by atoms with van der Waals surface area (Å²) in [6.07, 6.45) is 0.0556. The first-order chi connectivity index (χ1) is 15.8. The van der Waals surface area contributed by atoms with Crippen LogP contribution in [0.15, 0.2) is 60.7 Å². The second kappa shape index (κ2) is 11.0. The fourth-order valence-corrected chi connectivity index (χ4v) is 3.80. The number of hydrogen-bond acceptors (Lipinski definition) is 5. The summed E-state index contributed by atoms with van der Waals surface area (Å²) in [6, 6.07) is 17.6. The Morgan fingerprint density at radius 3 is 2.42 bits per heavy atom. The number of aromatic hydroxyl groups is 1. The molecule has 0 aliphatic carbocycles. The molecule has 0 spiro atoms. The van der Waals surface area contributed by atoms with Gasteiger partial charge in [0.25, 0.3) is 0 Å². The smallest absolute Gasteiger partial charge is 0.335 e. The van der Waals surface area contributed by atoms with Gasteiger partial charge in [-0.3, -0.25) is 0 Å². The van der Waals surface area contributed by atoms with Gasteiger partial charge in [0, 0.05) is 12.6 Å². The zero-order valence-electron chi connectivity index (χ0n) is 19.2. The van der Waals surface area contributed by atoms with E-state index in [1.165, 1.54) is 0 Å². The van der Waals surface area contributed by atoms with Crippen LogP contribution in [0.3, 0.4) is 0 Å². The van der Waals surface area contributed by atoms with Crippen LogP contribution in [0.2, 0.25) is 0 Å². The average molecular weight is 450 g/mol. The van der Waals surface area contributed by atoms with Gasteiger partial charge in [-0.15, -0.1) is 0 Å². The van der Waals surface area contributed by atoms with Crippen LogP contribution in [-0.2, 0) is 6.42 Å². The Bertz CT molecular complexity index is 1090. The molecule has 0 fully saturated rings. The number of aromatic carboxylic acids is 1. The Kier molecular flexibility index (Phi) is 8.09. The van der Waals surface area contributed by atoms with Gasteiger partial charge in [-0.05, 0) is 84.5 Å². The van der Waals surface area contributed by atoms with Gasteiger partial charge in [-0.25, -0.2) is 4.79 Å². The van der Waals surface area contributed by atoms with Gasteiger partial charge in [0.15, 0.2) is 0 Å². The molecular weight excluding hydrogens is 418 g/mol. The summed E-state index contributed by atoms with van der Waals surface area (Å²) >= 11 is 0. The number of benzene rings is 3. The van der Waals surface area contributed by atoms with E-state index in [4.69, 9.17) is 4.74 Å². The van der Waals surface area contributed by atoms with E-state index in [-0.39, 0.29) is 11.8 Å². The summed E-state index contributed by atoms with van der Waals surface area (Å²) < 4.78 is 5.93. The van der Waals surface area contributed by atoms with Crippen LogP contribution >= 0.6 is 0 Å². The summed E-state index contributed by atoms with van der Waals surface area (Å²) in [7, 11) is 0. The van der Waals surface area contributed by atoms with Crippen molar-refractivity contribution in [2.24, 2.45) is 0 Å². The SMILES string of the molecule is CCc1cc(C(=O)O)ccc1-c1ccc(OCCN[C@H](C)[C@H](O)c2ccc(O)cc2)c(C)c1. The molecule has 33 heavy (non-hydrogen) atoms. The Morgan fingerprint density at radius 1 is 1.06 bits per heavy atom. The second-order valence-corrected chi connectivity index (χ2v) is 8.14. The first-order valence-electron chi connectivity index (χ1n) is 11.1. The van der Waals surface area contributed by atoms with Gasteiger partial charge < -0.3 is 25.4 Å². The van der Waals surface area contributed by atoms with E-state index in [1.807, 2.05) is 39.0 Å². The third-order valence-corrected chi connectivity index (χ3v) is 5.75. The third kappa shape index (κ3) is 6.12. The van der Waals surface area contributed by atoms with Gasteiger partial charge in [0.05, 0.1) is 11.7 Å². The number of phenols is 1. The standard InChI is InChI=1S/C27H31NO5/c1-4-19-16-22(27(31)32)7-11-24(19)21-8-12-25(17(2)15-21)33-14-13-28-18(3)26(30)20-5-9-23(29)10-6-20/h5-12,15-16,18,26,28-30H,4,13-14H2,1-3H3,(H,31,32)/t18-,26+/m1/s1. The molecule has 0 aliphatic rings. The molecule has 6 heteroatoms. The van der Waals surface area contributed by atoms with Crippen LogP contribution in [-0.4, -0.2) is 40.5 Å². The van der Waals surface area contributed by atoms with E-state index < -0.39 is 12.1 Å². The van der Waals surface area contributed by atoms with E-state index in [9.17, 15) is 20.1 Å². The van der Waals surface area contributed by atoms with Crippen LogP contribution in [0.5, 0.6) is 11.5 Å². The fraction of sp³-hybridized carbons (Fsp3) is 0.296. The van der Waals surface area contributed by atoms with Crippen molar-refractivity contribution in [3.63, 3.8) is 0 Å². The van der Waals surface area contributed by atoms with Gasteiger partial charge in [-0.1, -0.05) is 31.2 Å². The zero-order chi connectivity index (χ0) is 24.0. The molecule has 0 radical (unpaired) electrons. The third-order valence-electron chi connectivity index (χ3n) is 5.75. The van der Waals surface area contributed by atoms with E-state index in [0.717, 1.165) is 40.0 Å². The van der Waals surface area contributed by atoms with Crippen molar-refractivity contribution < 1.29 is 24.9 Å². The normalized spacial score (nSPS) is 12.8. The molecule has 2 atom stereocenters. The monoisotopic (exact) mass is 449 g/mol. The lowest BCUT2D eigenvalue weighted by Gasteiger charge is -2.21. The van der Waals surface area contributed by atoms with Gasteiger partial charge in [0.1, 0.15) is 18.1 Å². The summed E-state index contributed by atoms with van der Waals surface area (Å²) in [6.45, 7) is 6.91. The average Bonchev–Trinajstić information content (AvgIpc) is 2.82. The topological polar surface area (TPSA) is 99.0 Å². The van der Waals surface area contributed by atoms with E-state index in [0.29, 0.717) is 18.7 Å². The summed E-state index contributed by atoms with van der Waals surface area (Å²) in [5.41, 5.74) is 5.07. The molecule has 6 nitrogen and oxygen atoms in total.